The van der Waals surface area contributed by atoms with E-state index in [1.165, 1.54) is 4.70 Å². The minimum atomic E-state index is -0.851. The first-order valence-corrected chi connectivity index (χ1v) is 14.7. The molecule has 1 aliphatic heterocycles. The number of thiophene rings is 1. The lowest BCUT2D eigenvalue weighted by Gasteiger charge is -2.25. The molecule has 1 aliphatic rings. The first-order valence-electron chi connectivity index (χ1n) is 13.8. The summed E-state index contributed by atoms with van der Waals surface area (Å²) >= 11 is 1.69. The maximum Gasteiger partial charge on any atom is 0.304 e. The maximum absolute atomic E-state index is 12.2. The van der Waals surface area contributed by atoms with Crippen LogP contribution in [0.1, 0.15) is 59.2 Å². The molecule has 5 aromatic rings. The SMILES string of the molecule is CC[C@@H]1CN(Cc2cc([C@H](CC(=O)O)c3cc(C)c4c(nnn4C)c3C)cc3ccsc23)Cc2nc(O)ccc2O1. The molecule has 6 rings (SSSR count). The molecule has 0 bridgehead atoms. The largest absolute Gasteiger partial charge is 0.493 e. The van der Waals surface area contributed by atoms with Crippen molar-refractivity contribution in [1.29, 1.82) is 0 Å². The van der Waals surface area contributed by atoms with E-state index in [2.05, 4.69) is 56.8 Å². The number of carboxylic acids is 1. The molecule has 212 valence electrons. The summed E-state index contributed by atoms with van der Waals surface area (Å²) in [5.41, 5.74) is 7.51. The van der Waals surface area contributed by atoms with Gasteiger partial charge in [0.1, 0.15) is 23.1 Å². The zero-order valence-corrected chi connectivity index (χ0v) is 24.4. The smallest absolute Gasteiger partial charge is 0.304 e. The third-order valence-electron chi connectivity index (χ3n) is 8.06. The van der Waals surface area contributed by atoms with Gasteiger partial charge >= 0.3 is 5.97 Å². The molecule has 0 saturated carbocycles. The summed E-state index contributed by atoms with van der Waals surface area (Å²) in [7, 11) is 1.87. The fourth-order valence-electron chi connectivity index (χ4n) is 6.10. The van der Waals surface area contributed by atoms with E-state index in [9.17, 15) is 15.0 Å². The molecule has 2 aromatic carbocycles. The number of benzene rings is 2. The number of pyridine rings is 1. The van der Waals surface area contributed by atoms with E-state index < -0.39 is 5.97 Å². The number of rotatable bonds is 7. The van der Waals surface area contributed by atoms with E-state index in [-0.39, 0.29) is 24.3 Å². The lowest BCUT2D eigenvalue weighted by molar-refractivity contribution is -0.137. The zero-order valence-electron chi connectivity index (χ0n) is 23.6. The van der Waals surface area contributed by atoms with E-state index in [4.69, 9.17) is 4.74 Å². The topological polar surface area (TPSA) is 114 Å². The van der Waals surface area contributed by atoms with Gasteiger partial charge in [0.05, 0.1) is 11.9 Å². The van der Waals surface area contributed by atoms with Crippen LogP contribution >= 0.6 is 11.3 Å². The highest BCUT2D eigenvalue weighted by molar-refractivity contribution is 7.17. The number of aryl methyl sites for hydroxylation is 3. The number of ether oxygens (including phenoxy) is 1. The molecule has 0 unspecified atom stereocenters. The Morgan fingerprint density at radius 2 is 2.05 bits per heavy atom. The number of aromatic hydroxyl groups is 1. The monoisotopic (exact) mass is 571 g/mol. The fourth-order valence-corrected chi connectivity index (χ4v) is 6.98. The van der Waals surface area contributed by atoms with Crippen LogP contribution in [0.5, 0.6) is 11.6 Å². The fraction of sp³-hybridized carbons (Fsp3) is 0.355. The van der Waals surface area contributed by atoms with E-state index in [1.807, 2.05) is 20.9 Å². The van der Waals surface area contributed by atoms with Gasteiger partial charge in [0, 0.05) is 43.4 Å². The second-order valence-corrected chi connectivity index (χ2v) is 11.8. The number of nitrogens with zero attached hydrogens (tertiary/aromatic N) is 5. The minimum Gasteiger partial charge on any atom is -0.493 e. The molecule has 2 N–H and O–H groups in total. The van der Waals surface area contributed by atoms with E-state index in [0.717, 1.165) is 50.7 Å². The molecule has 4 heterocycles. The summed E-state index contributed by atoms with van der Waals surface area (Å²) in [4.78, 5) is 18.9. The van der Waals surface area contributed by atoms with Crippen LogP contribution in [-0.4, -0.2) is 53.7 Å². The second-order valence-electron chi connectivity index (χ2n) is 10.9. The van der Waals surface area contributed by atoms with Gasteiger partial charge in [-0.15, -0.1) is 16.4 Å². The lowest BCUT2D eigenvalue weighted by Crippen LogP contribution is -2.32. The Morgan fingerprint density at radius 3 is 2.83 bits per heavy atom. The average molecular weight is 572 g/mol. The van der Waals surface area contributed by atoms with Crippen LogP contribution in [0.25, 0.3) is 21.1 Å². The van der Waals surface area contributed by atoms with Gasteiger partial charge in [0.15, 0.2) is 0 Å². The predicted molar refractivity (Wildman–Crippen MR) is 159 cm³/mol. The van der Waals surface area contributed by atoms with E-state index >= 15 is 0 Å². The van der Waals surface area contributed by atoms with Gasteiger partial charge in [-0.25, -0.2) is 9.67 Å². The summed E-state index contributed by atoms with van der Waals surface area (Å²) in [6.45, 7) is 8.03. The van der Waals surface area contributed by atoms with Crippen LogP contribution in [0.3, 0.4) is 0 Å². The van der Waals surface area contributed by atoms with Crippen molar-refractivity contribution in [2.45, 2.75) is 58.7 Å². The van der Waals surface area contributed by atoms with Gasteiger partial charge < -0.3 is 14.9 Å². The van der Waals surface area contributed by atoms with Gasteiger partial charge in [0.25, 0.3) is 0 Å². The van der Waals surface area contributed by atoms with E-state index in [0.29, 0.717) is 31.1 Å². The Kier molecular flexibility index (Phi) is 7.13. The van der Waals surface area contributed by atoms with Crippen LogP contribution in [-0.2, 0) is 24.9 Å². The van der Waals surface area contributed by atoms with Crippen molar-refractivity contribution in [2.75, 3.05) is 6.54 Å². The third kappa shape index (κ3) is 5.13. The highest BCUT2D eigenvalue weighted by Crippen LogP contribution is 2.39. The molecule has 3 aromatic heterocycles. The van der Waals surface area contributed by atoms with Crippen molar-refractivity contribution >= 4 is 38.4 Å². The normalized spacial score (nSPS) is 16.4. The summed E-state index contributed by atoms with van der Waals surface area (Å²) in [5, 5.41) is 31.9. The van der Waals surface area contributed by atoms with Crippen molar-refractivity contribution in [3.63, 3.8) is 0 Å². The highest BCUT2D eigenvalue weighted by atomic mass is 32.1. The molecule has 0 spiro atoms. The summed E-state index contributed by atoms with van der Waals surface area (Å²) < 4.78 is 9.19. The molecule has 41 heavy (non-hydrogen) atoms. The Bertz CT molecular complexity index is 1780. The van der Waals surface area contributed by atoms with Gasteiger partial charge in [-0.3, -0.25) is 9.69 Å². The molecule has 2 atom stereocenters. The molecule has 0 fully saturated rings. The molecular formula is C31H33N5O4S. The second kappa shape index (κ2) is 10.8. The zero-order chi connectivity index (χ0) is 28.8. The first-order chi connectivity index (χ1) is 19.7. The summed E-state index contributed by atoms with van der Waals surface area (Å²) in [6.07, 6.45) is 0.802. The van der Waals surface area contributed by atoms with Gasteiger partial charge in [0.2, 0.25) is 5.88 Å². The molecule has 0 amide bonds. The average Bonchev–Trinajstić information content (AvgIpc) is 3.53. The van der Waals surface area contributed by atoms with Gasteiger partial charge in [-0.2, -0.15) is 0 Å². The molecule has 0 aliphatic carbocycles. The molecule has 9 nitrogen and oxygen atoms in total. The molecule has 0 radical (unpaired) electrons. The van der Waals surface area contributed by atoms with Crippen molar-refractivity contribution in [3.8, 4) is 11.6 Å². The molecule has 0 saturated heterocycles. The number of hydrogen-bond donors (Lipinski definition) is 2. The lowest BCUT2D eigenvalue weighted by atomic mass is 9.83. The van der Waals surface area contributed by atoms with Crippen molar-refractivity contribution in [2.24, 2.45) is 7.05 Å². The van der Waals surface area contributed by atoms with Crippen LogP contribution in [0.2, 0.25) is 0 Å². The number of carbonyl (C=O) groups is 1. The molecule has 10 heteroatoms. The standard InChI is InChI=1S/C31H33N5O4S/c1-5-22-15-36(16-25-26(40-22)6-7-27(37)32-25)14-21-12-20(11-19-8-9-41-31(19)21)24(13-28(38)39)23-10-17(2)30-29(18(23)3)33-34-35(30)4/h6-12,22,24H,5,13-16H2,1-4H3,(H,32,37)(H,38,39)/t22-,24+/m1/s1. The number of aliphatic carboxylic acids is 1. The molecular weight excluding hydrogens is 538 g/mol. The van der Waals surface area contributed by atoms with E-state index in [1.54, 1.807) is 28.2 Å². The van der Waals surface area contributed by atoms with Crippen molar-refractivity contribution < 1.29 is 19.7 Å². The minimum absolute atomic E-state index is 0.00584. The maximum atomic E-state index is 12.2. The summed E-state index contributed by atoms with van der Waals surface area (Å²) in [6, 6.07) is 11.9. The van der Waals surface area contributed by atoms with Crippen molar-refractivity contribution in [1.82, 2.24) is 24.9 Å². The number of aromatic nitrogens is 4. The van der Waals surface area contributed by atoms with Gasteiger partial charge in [-0.1, -0.05) is 24.3 Å². The Hall–Kier alpha value is -4.02. The van der Waals surface area contributed by atoms with Crippen molar-refractivity contribution in [3.05, 3.63) is 75.3 Å². The highest BCUT2D eigenvalue weighted by Gasteiger charge is 2.27. The number of fused-ring (bicyclic) bond motifs is 3. The summed E-state index contributed by atoms with van der Waals surface area (Å²) in [5.74, 6) is -0.516. The van der Waals surface area contributed by atoms with Gasteiger partial charge in [-0.05, 0) is 77.1 Å². The Balaban J connectivity index is 1.44. The van der Waals surface area contributed by atoms with Crippen LogP contribution in [0, 0.1) is 13.8 Å². The van der Waals surface area contributed by atoms with Crippen LogP contribution in [0.15, 0.2) is 41.8 Å². The third-order valence-corrected chi connectivity index (χ3v) is 9.07. The first kappa shape index (κ1) is 27.2. The Morgan fingerprint density at radius 1 is 1.22 bits per heavy atom. The Labute approximate surface area is 242 Å². The number of hydrogen-bond acceptors (Lipinski definition) is 8. The predicted octanol–water partition coefficient (Wildman–Crippen LogP) is 5.68. The quantitative estimate of drug-likeness (QED) is 0.257. The van der Waals surface area contributed by atoms with Crippen LogP contribution in [0.4, 0.5) is 0 Å². The number of carboxylic acid groups (broad SMARTS) is 1. The van der Waals surface area contributed by atoms with Crippen LogP contribution < -0.4 is 4.74 Å².